The van der Waals surface area contributed by atoms with Crippen molar-refractivity contribution in [3.05, 3.63) is 89.5 Å². The molecule has 158 valence electrons. The molecule has 1 amide bonds. The number of methoxy groups -OCH3 is 1. The van der Waals surface area contributed by atoms with Gasteiger partial charge in [0, 0.05) is 12.4 Å². The van der Waals surface area contributed by atoms with Crippen molar-refractivity contribution in [1.29, 1.82) is 0 Å². The Labute approximate surface area is 184 Å². The van der Waals surface area contributed by atoms with Crippen LogP contribution < -0.4 is 14.8 Å². The highest BCUT2D eigenvalue weighted by Gasteiger charge is 2.12. The number of anilines is 1. The van der Waals surface area contributed by atoms with Crippen molar-refractivity contribution in [3.63, 3.8) is 0 Å². The average molecular weight is 438 g/mol. The van der Waals surface area contributed by atoms with Crippen LogP contribution in [0.25, 0.3) is 0 Å². The van der Waals surface area contributed by atoms with Crippen LogP contribution in [0.4, 0.5) is 5.69 Å². The summed E-state index contributed by atoms with van der Waals surface area (Å²) in [5, 5.41) is 11.8. The maximum atomic E-state index is 12.5. The van der Waals surface area contributed by atoms with E-state index in [-0.39, 0.29) is 18.3 Å². The molecule has 8 nitrogen and oxygen atoms in total. The Morgan fingerprint density at radius 2 is 2.00 bits per heavy atom. The number of aromatic nitrogens is 4. The summed E-state index contributed by atoms with van der Waals surface area (Å²) in [5.41, 5.74) is 1.88. The number of hydrogen-bond acceptors (Lipinski definition) is 5. The molecule has 1 N–H and O–H groups in total. The molecule has 0 aliphatic carbocycles. The molecule has 9 heteroatoms. The van der Waals surface area contributed by atoms with Gasteiger partial charge in [-0.05, 0) is 35.9 Å². The standard InChI is InChI=1S/C22H20ClN5O3/c1-30-18-6-4-5-16(11-18)13-28-14-17(12-24-28)25-22(29)20-9-10-27(26-20)15-31-21-8-3-2-7-19(21)23/h2-12,14H,13,15H2,1H3,(H,25,29). The molecule has 31 heavy (non-hydrogen) atoms. The van der Waals surface area contributed by atoms with E-state index in [0.29, 0.717) is 23.0 Å². The fourth-order valence-electron chi connectivity index (χ4n) is 2.92. The Hall–Kier alpha value is -3.78. The summed E-state index contributed by atoms with van der Waals surface area (Å²) >= 11 is 6.07. The Kier molecular flexibility index (Phi) is 6.18. The van der Waals surface area contributed by atoms with E-state index in [1.165, 1.54) is 4.68 Å². The lowest BCUT2D eigenvalue weighted by atomic mass is 10.2. The zero-order chi connectivity index (χ0) is 21.6. The first kappa shape index (κ1) is 20.5. The molecule has 0 saturated carbocycles. The third kappa shape index (κ3) is 5.23. The zero-order valence-corrected chi connectivity index (χ0v) is 17.5. The Morgan fingerprint density at radius 3 is 2.84 bits per heavy atom. The number of benzene rings is 2. The molecule has 0 aliphatic rings. The summed E-state index contributed by atoms with van der Waals surface area (Å²) in [6, 6.07) is 16.5. The predicted octanol–water partition coefficient (Wildman–Crippen LogP) is 4.08. The second-order valence-corrected chi connectivity index (χ2v) is 7.08. The van der Waals surface area contributed by atoms with Gasteiger partial charge in [-0.2, -0.15) is 10.2 Å². The first-order valence-electron chi connectivity index (χ1n) is 9.48. The van der Waals surface area contributed by atoms with E-state index in [1.807, 2.05) is 36.4 Å². The second kappa shape index (κ2) is 9.36. The predicted molar refractivity (Wildman–Crippen MR) is 117 cm³/mol. The number of nitrogens with one attached hydrogen (secondary N) is 1. The van der Waals surface area contributed by atoms with Gasteiger partial charge in [0.05, 0.1) is 30.6 Å². The third-order valence-corrected chi connectivity index (χ3v) is 4.74. The van der Waals surface area contributed by atoms with Gasteiger partial charge in [0.1, 0.15) is 11.5 Å². The summed E-state index contributed by atoms with van der Waals surface area (Å²) in [7, 11) is 1.63. The molecule has 0 saturated heterocycles. The summed E-state index contributed by atoms with van der Waals surface area (Å²) < 4.78 is 14.1. The number of hydrogen-bond donors (Lipinski definition) is 1. The quantitative estimate of drug-likeness (QED) is 0.449. The van der Waals surface area contributed by atoms with E-state index in [9.17, 15) is 4.79 Å². The summed E-state index contributed by atoms with van der Waals surface area (Å²) in [6.45, 7) is 0.691. The minimum absolute atomic E-state index is 0.134. The van der Waals surface area contributed by atoms with E-state index in [0.717, 1.165) is 11.3 Å². The highest BCUT2D eigenvalue weighted by atomic mass is 35.5. The Bertz CT molecular complexity index is 1190. The number of carbonyl (C=O) groups excluding carboxylic acids is 1. The molecule has 2 aromatic heterocycles. The SMILES string of the molecule is COc1cccc(Cn2cc(NC(=O)c3ccn(COc4ccccc4Cl)n3)cn2)c1. The molecule has 0 atom stereocenters. The molecule has 2 heterocycles. The van der Waals surface area contributed by atoms with E-state index < -0.39 is 0 Å². The minimum atomic E-state index is -0.336. The molecule has 0 radical (unpaired) electrons. The first-order valence-corrected chi connectivity index (χ1v) is 9.86. The van der Waals surface area contributed by atoms with E-state index >= 15 is 0 Å². The number of nitrogens with zero attached hydrogens (tertiary/aromatic N) is 4. The van der Waals surface area contributed by atoms with Gasteiger partial charge in [-0.3, -0.25) is 9.48 Å². The van der Waals surface area contributed by atoms with Crippen LogP contribution >= 0.6 is 11.6 Å². The summed E-state index contributed by atoms with van der Waals surface area (Å²) in [5.74, 6) is 0.999. The maximum absolute atomic E-state index is 12.5. The molecule has 2 aromatic carbocycles. The van der Waals surface area contributed by atoms with Crippen LogP contribution in [0.5, 0.6) is 11.5 Å². The first-order chi connectivity index (χ1) is 15.1. The number of ether oxygens (including phenoxy) is 2. The molecular weight excluding hydrogens is 418 g/mol. The monoisotopic (exact) mass is 437 g/mol. The molecule has 0 aliphatic heterocycles. The number of amides is 1. The molecule has 4 rings (SSSR count). The fraction of sp³-hybridized carbons (Fsp3) is 0.136. The van der Waals surface area contributed by atoms with Gasteiger partial charge >= 0.3 is 0 Å². The van der Waals surface area contributed by atoms with Crippen LogP contribution in [0.3, 0.4) is 0 Å². The molecule has 0 spiro atoms. The normalized spacial score (nSPS) is 10.6. The number of para-hydroxylation sites is 1. The maximum Gasteiger partial charge on any atom is 0.276 e. The molecule has 4 aromatic rings. The smallest absolute Gasteiger partial charge is 0.276 e. The van der Waals surface area contributed by atoms with Crippen LogP contribution in [0.2, 0.25) is 5.02 Å². The minimum Gasteiger partial charge on any atom is -0.497 e. The molecule has 0 unspecified atom stereocenters. The third-order valence-electron chi connectivity index (χ3n) is 4.43. The zero-order valence-electron chi connectivity index (χ0n) is 16.7. The van der Waals surface area contributed by atoms with E-state index in [2.05, 4.69) is 15.5 Å². The Morgan fingerprint density at radius 1 is 1.13 bits per heavy atom. The molecule has 0 fully saturated rings. The Balaban J connectivity index is 1.34. The van der Waals surface area contributed by atoms with Gasteiger partial charge in [-0.1, -0.05) is 35.9 Å². The van der Waals surface area contributed by atoms with Gasteiger partial charge in [-0.25, -0.2) is 4.68 Å². The van der Waals surface area contributed by atoms with Crippen LogP contribution in [0.15, 0.2) is 73.2 Å². The van der Waals surface area contributed by atoms with Gasteiger partial charge in [-0.15, -0.1) is 0 Å². The van der Waals surface area contributed by atoms with E-state index in [1.54, 1.807) is 48.6 Å². The molecule has 0 bridgehead atoms. The fourth-order valence-corrected chi connectivity index (χ4v) is 3.11. The number of rotatable bonds is 8. The van der Waals surface area contributed by atoms with Crippen LogP contribution in [-0.2, 0) is 13.3 Å². The van der Waals surface area contributed by atoms with Crippen molar-refractivity contribution >= 4 is 23.2 Å². The van der Waals surface area contributed by atoms with Gasteiger partial charge in [0.15, 0.2) is 12.4 Å². The lowest BCUT2D eigenvalue weighted by Gasteiger charge is -2.07. The topological polar surface area (TPSA) is 83.2 Å². The van der Waals surface area contributed by atoms with Crippen LogP contribution in [-0.4, -0.2) is 32.6 Å². The summed E-state index contributed by atoms with van der Waals surface area (Å²) in [4.78, 5) is 12.5. The van der Waals surface area contributed by atoms with Crippen LogP contribution in [0, 0.1) is 0 Å². The number of halogens is 1. The molecular formula is C22H20ClN5O3. The van der Waals surface area contributed by atoms with Crippen LogP contribution in [0.1, 0.15) is 16.1 Å². The van der Waals surface area contributed by atoms with Crippen molar-refractivity contribution in [2.75, 3.05) is 12.4 Å². The van der Waals surface area contributed by atoms with E-state index in [4.69, 9.17) is 21.1 Å². The van der Waals surface area contributed by atoms with Gasteiger partial charge < -0.3 is 14.8 Å². The summed E-state index contributed by atoms with van der Waals surface area (Å²) in [6.07, 6.45) is 5.02. The van der Waals surface area contributed by atoms with Crippen molar-refractivity contribution in [2.24, 2.45) is 0 Å². The van der Waals surface area contributed by atoms with Gasteiger partial charge in [0.2, 0.25) is 0 Å². The second-order valence-electron chi connectivity index (χ2n) is 6.68. The van der Waals surface area contributed by atoms with Crippen molar-refractivity contribution in [3.8, 4) is 11.5 Å². The lowest BCUT2D eigenvalue weighted by Crippen LogP contribution is -2.14. The number of carbonyl (C=O) groups is 1. The highest BCUT2D eigenvalue weighted by molar-refractivity contribution is 6.32. The highest BCUT2D eigenvalue weighted by Crippen LogP contribution is 2.23. The van der Waals surface area contributed by atoms with Gasteiger partial charge in [0.25, 0.3) is 5.91 Å². The van der Waals surface area contributed by atoms with Crippen molar-refractivity contribution in [2.45, 2.75) is 13.3 Å². The van der Waals surface area contributed by atoms with Crippen molar-refractivity contribution < 1.29 is 14.3 Å². The lowest BCUT2D eigenvalue weighted by molar-refractivity contribution is 0.102. The average Bonchev–Trinajstić information content (AvgIpc) is 3.43. The largest absolute Gasteiger partial charge is 0.497 e. The van der Waals surface area contributed by atoms with Crippen molar-refractivity contribution in [1.82, 2.24) is 19.6 Å².